The van der Waals surface area contributed by atoms with Crippen molar-refractivity contribution in [2.45, 2.75) is 33.6 Å². The molecule has 0 saturated carbocycles. The molecule has 106 valence electrons. The summed E-state index contributed by atoms with van der Waals surface area (Å²) in [5, 5.41) is 0. The zero-order chi connectivity index (χ0) is 14.7. The Morgan fingerprint density at radius 2 is 1.70 bits per heavy atom. The Bertz CT molecular complexity index is 591. The molecule has 0 radical (unpaired) electrons. The first-order valence-electron chi connectivity index (χ1n) is 6.59. The lowest BCUT2D eigenvalue weighted by molar-refractivity contribution is 0.456. The van der Waals surface area contributed by atoms with Crippen molar-refractivity contribution in [2.75, 3.05) is 5.43 Å². The average Bonchev–Trinajstić information content (AvgIpc) is 2.36. The Balaban J connectivity index is 2.34. The van der Waals surface area contributed by atoms with Gasteiger partial charge in [0.05, 0.1) is 0 Å². The molecule has 0 unspecified atom stereocenters. The number of hydrogen-bond acceptors (Lipinski definition) is 5. The van der Waals surface area contributed by atoms with E-state index in [9.17, 15) is 0 Å². The molecule has 0 aliphatic carbocycles. The number of nitrogens with two attached hydrogens (primary N) is 1. The molecule has 0 saturated heterocycles. The quantitative estimate of drug-likeness (QED) is 0.660. The minimum absolute atomic E-state index is 0.199. The summed E-state index contributed by atoms with van der Waals surface area (Å²) in [5.74, 6) is 8.12. The van der Waals surface area contributed by atoms with Gasteiger partial charge in [-0.05, 0) is 37.1 Å². The molecule has 2 rings (SSSR count). The van der Waals surface area contributed by atoms with Gasteiger partial charge in [0.25, 0.3) is 0 Å². The highest BCUT2D eigenvalue weighted by Crippen LogP contribution is 2.25. The summed E-state index contributed by atoms with van der Waals surface area (Å²) in [6.07, 6.45) is 0. The molecular weight excluding hydrogens is 252 g/mol. The number of hydrazine groups is 1. The molecule has 0 spiro atoms. The van der Waals surface area contributed by atoms with Gasteiger partial charge in [0.15, 0.2) is 0 Å². The van der Waals surface area contributed by atoms with Crippen LogP contribution in [0.15, 0.2) is 24.3 Å². The third kappa shape index (κ3) is 3.45. The Hall–Kier alpha value is -2.14. The molecular formula is C15H20N4O. The molecule has 0 atom stereocenters. The van der Waals surface area contributed by atoms with Gasteiger partial charge in [-0.3, -0.25) is 0 Å². The second-order valence-electron chi connectivity index (χ2n) is 5.17. The largest absolute Gasteiger partial charge is 0.439 e. The molecule has 1 heterocycles. The number of hydrogen-bond donors (Lipinski definition) is 2. The van der Waals surface area contributed by atoms with Crippen LogP contribution in [0.4, 0.5) is 5.82 Å². The van der Waals surface area contributed by atoms with Crippen LogP contribution in [0.3, 0.4) is 0 Å². The standard InChI is InChI=1S/C15H20N4O/c1-9(2)15-17-13(19-16)8-14(18-15)20-12-6-10(3)5-11(4)7-12/h5-9H,16H2,1-4H3,(H,17,18,19). The van der Waals surface area contributed by atoms with Gasteiger partial charge >= 0.3 is 0 Å². The van der Waals surface area contributed by atoms with Crippen LogP contribution in [0.1, 0.15) is 36.7 Å². The van der Waals surface area contributed by atoms with Crippen molar-refractivity contribution in [1.29, 1.82) is 0 Å². The summed E-state index contributed by atoms with van der Waals surface area (Å²) in [7, 11) is 0. The number of nitrogens with one attached hydrogen (secondary N) is 1. The Labute approximate surface area is 119 Å². The summed E-state index contributed by atoms with van der Waals surface area (Å²) in [4.78, 5) is 8.71. The highest BCUT2D eigenvalue weighted by molar-refractivity contribution is 5.40. The Kier molecular flexibility index (Phi) is 4.20. The first kappa shape index (κ1) is 14.3. The predicted octanol–water partition coefficient (Wildman–Crippen LogP) is 3.29. The van der Waals surface area contributed by atoms with Crippen LogP contribution in [-0.2, 0) is 0 Å². The minimum atomic E-state index is 0.199. The fourth-order valence-electron chi connectivity index (χ4n) is 1.94. The fourth-order valence-corrected chi connectivity index (χ4v) is 1.94. The van der Waals surface area contributed by atoms with Crippen LogP contribution in [0, 0.1) is 13.8 Å². The first-order chi connectivity index (χ1) is 9.47. The van der Waals surface area contributed by atoms with Gasteiger partial charge in [-0.25, -0.2) is 10.8 Å². The van der Waals surface area contributed by atoms with Crippen molar-refractivity contribution in [2.24, 2.45) is 5.84 Å². The number of nitrogen functional groups attached to an aromatic ring is 1. The molecule has 5 nitrogen and oxygen atoms in total. The van der Waals surface area contributed by atoms with Crippen LogP contribution in [0.25, 0.3) is 0 Å². The lowest BCUT2D eigenvalue weighted by Gasteiger charge is -2.11. The summed E-state index contributed by atoms with van der Waals surface area (Å²) in [5.41, 5.74) is 4.84. The van der Waals surface area contributed by atoms with E-state index in [0.29, 0.717) is 17.5 Å². The van der Waals surface area contributed by atoms with E-state index >= 15 is 0 Å². The van der Waals surface area contributed by atoms with E-state index in [1.54, 1.807) is 6.07 Å². The molecule has 5 heteroatoms. The van der Waals surface area contributed by atoms with E-state index in [1.165, 1.54) is 0 Å². The third-order valence-electron chi connectivity index (χ3n) is 2.80. The van der Waals surface area contributed by atoms with E-state index in [0.717, 1.165) is 16.9 Å². The van der Waals surface area contributed by atoms with Gasteiger partial charge in [0, 0.05) is 12.0 Å². The number of aromatic nitrogens is 2. The van der Waals surface area contributed by atoms with Gasteiger partial charge in [0.1, 0.15) is 17.4 Å². The normalized spacial score (nSPS) is 10.7. The third-order valence-corrected chi connectivity index (χ3v) is 2.80. The smallest absolute Gasteiger partial charge is 0.224 e. The molecule has 2 aromatic rings. The lowest BCUT2D eigenvalue weighted by Crippen LogP contribution is -2.11. The highest BCUT2D eigenvalue weighted by atomic mass is 16.5. The van der Waals surface area contributed by atoms with E-state index in [1.807, 2.05) is 39.8 Å². The van der Waals surface area contributed by atoms with Crippen molar-refractivity contribution in [3.63, 3.8) is 0 Å². The van der Waals surface area contributed by atoms with Crippen LogP contribution >= 0.6 is 0 Å². The molecule has 0 aliphatic rings. The van der Waals surface area contributed by atoms with Crippen molar-refractivity contribution in [3.8, 4) is 11.6 Å². The van der Waals surface area contributed by atoms with Gasteiger partial charge in [-0.1, -0.05) is 19.9 Å². The number of nitrogens with zero attached hydrogens (tertiary/aromatic N) is 2. The zero-order valence-electron chi connectivity index (χ0n) is 12.3. The summed E-state index contributed by atoms with van der Waals surface area (Å²) < 4.78 is 5.83. The number of ether oxygens (including phenoxy) is 1. The second-order valence-corrected chi connectivity index (χ2v) is 5.17. The second kappa shape index (κ2) is 5.88. The monoisotopic (exact) mass is 272 g/mol. The maximum absolute atomic E-state index is 5.83. The van der Waals surface area contributed by atoms with Gasteiger partial charge in [-0.2, -0.15) is 4.98 Å². The van der Waals surface area contributed by atoms with E-state index in [4.69, 9.17) is 10.6 Å². The first-order valence-corrected chi connectivity index (χ1v) is 6.59. The maximum atomic E-state index is 5.83. The molecule has 3 N–H and O–H groups in total. The topological polar surface area (TPSA) is 73.1 Å². The van der Waals surface area contributed by atoms with Crippen molar-refractivity contribution >= 4 is 5.82 Å². The number of aryl methyl sites for hydroxylation is 2. The van der Waals surface area contributed by atoms with Gasteiger partial charge in [0.2, 0.25) is 5.88 Å². The molecule has 0 bridgehead atoms. The van der Waals surface area contributed by atoms with Crippen LogP contribution in [0.5, 0.6) is 11.6 Å². The fraction of sp³-hybridized carbons (Fsp3) is 0.333. The molecule has 20 heavy (non-hydrogen) atoms. The predicted molar refractivity (Wildman–Crippen MR) is 79.9 cm³/mol. The van der Waals surface area contributed by atoms with Crippen LogP contribution in [0.2, 0.25) is 0 Å². The number of rotatable bonds is 4. The van der Waals surface area contributed by atoms with Crippen LogP contribution in [-0.4, -0.2) is 9.97 Å². The Morgan fingerprint density at radius 1 is 1.05 bits per heavy atom. The van der Waals surface area contributed by atoms with Crippen molar-refractivity contribution < 1.29 is 4.74 Å². The van der Waals surface area contributed by atoms with Gasteiger partial charge in [-0.15, -0.1) is 0 Å². The molecule has 1 aromatic carbocycles. The summed E-state index contributed by atoms with van der Waals surface area (Å²) >= 11 is 0. The molecule has 1 aromatic heterocycles. The van der Waals surface area contributed by atoms with Crippen molar-refractivity contribution in [1.82, 2.24) is 9.97 Å². The van der Waals surface area contributed by atoms with E-state index in [2.05, 4.69) is 21.5 Å². The highest BCUT2D eigenvalue weighted by Gasteiger charge is 2.09. The lowest BCUT2D eigenvalue weighted by atomic mass is 10.1. The molecule has 0 fully saturated rings. The maximum Gasteiger partial charge on any atom is 0.224 e. The number of anilines is 1. The molecule has 0 aliphatic heterocycles. The minimum Gasteiger partial charge on any atom is -0.439 e. The van der Waals surface area contributed by atoms with Crippen molar-refractivity contribution in [3.05, 3.63) is 41.2 Å². The van der Waals surface area contributed by atoms with Gasteiger partial charge < -0.3 is 10.2 Å². The zero-order valence-corrected chi connectivity index (χ0v) is 12.3. The average molecular weight is 272 g/mol. The number of benzene rings is 1. The van der Waals surface area contributed by atoms with E-state index in [-0.39, 0.29) is 5.92 Å². The summed E-state index contributed by atoms with van der Waals surface area (Å²) in [6, 6.07) is 7.72. The molecule has 0 amide bonds. The Morgan fingerprint density at radius 3 is 2.25 bits per heavy atom. The van der Waals surface area contributed by atoms with E-state index < -0.39 is 0 Å². The summed E-state index contributed by atoms with van der Waals surface area (Å²) in [6.45, 7) is 8.12. The van der Waals surface area contributed by atoms with Crippen LogP contribution < -0.4 is 16.0 Å². The SMILES string of the molecule is Cc1cc(C)cc(Oc2cc(NN)nc(C(C)C)n2)c1.